The van der Waals surface area contributed by atoms with Crippen molar-refractivity contribution in [3.63, 3.8) is 0 Å². The number of esters is 1. The van der Waals surface area contributed by atoms with Crippen molar-refractivity contribution in [2.24, 2.45) is 5.92 Å². The molecule has 1 aromatic carbocycles. The van der Waals surface area contributed by atoms with Crippen LogP contribution in [0.1, 0.15) is 57.6 Å². The number of furan rings is 1. The number of nitrogens with zero attached hydrogens (tertiary/aromatic N) is 1. The van der Waals surface area contributed by atoms with Gasteiger partial charge in [0, 0.05) is 29.4 Å². The van der Waals surface area contributed by atoms with Crippen LogP contribution in [0.15, 0.2) is 58.0 Å². The fraction of sp³-hybridized carbons (Fsp3) is 0.593. The van der Waals surface area contributed by atoms with Crippen LogP contribution in [0.2, 0.25) is 0 Å². The van der Waals surface area contributed by atoms with E-state index in [4.69, 9.17) is 9.15 Å². The standard InChI is InChI=1S/C27H38NO4S/c1-2-28(17-10-20-33-24-13-7-4-8-14-24)18-16-23(21-28)32-26(29)27(30,25-15-9-19-31-25)22-11-5-3-6-12-22/h4,7-9,13-15,19,22-23,30H,2-3,5-6,10-12,16-18,20-21H2,1H3/q+1/t23-,27-,28?/m1/s1. The molecule has 2 aliphatic rings. The second kappa shape index (κ2) is 11.1. The van der Waals surface area contributed by atoms with Gasteiger partial charge >= 0.3 is 5.97 Å². The Hall–Kier alpha value is -1.76. The molecule has 3 atom stereocenters. The average Bonchev–Trinajstić information content (AvgIpc) is 3.54. The monoisotopic (exact) mass is 472 g/mol. The Morgan fingerprint density at radius 1 is 1.15 bits per heavy atom. The molecule has 0 amide bonds. The minimum Gasteiger partial charge on any atom is -0.466 e. The van der Waals surface area contributed by atoms with E-state index in [-0.39, 0.29) is 12.0 Å². The molecule has 5 nitrogen and oxygen atoms in total. The Kier molecular flexibility index (Phi) is 8.20. The van der Waals surface area contributed by atoms with E-state index in [1.165, 1.54) is 11.2 Å². The number of rotatable bonds is 10. The summed E-state index contributed by atoms with van der Waals surface area (Å²) < 4.78 is 12.5. The second-order valence-electron chi connectivity index (χ2n) is 9.70. The lowest BCUT2D eigenvalue weighted by molar-refractivity contribution is -0.916. The zero-order valence-electron chi connectivity index (χ0n) is 19.8. The number of benzene rings is 1. The Balaban J connectivity index is 1.34. The van der Waals surface area contributed by atoms with E-state index >= 15 is 0 Å². The molecule has 1 N–H and O–H groups in total. The van der Waals surface area contributed by atoms with Crippen LogP contribution in [0.4, 0.5) is 0 Å². The van der Waals surface area contributed by atoms with Crippen molar-refractivity contribution in [2.75, 3.05) is 31.9 Å². The van der Waals surface area contributed by atoms with Gasteiger partial charge in [-0.15, -0.1) is 11.8 Å². The Bertz CT molecular complexity index is 868. The van der Waals surface area contributed by atoms with E-state index in [2.05, 4.69) is 31.2 Å². The maximum atomic E-state index is 13.4. The van der Waals surface area contributed by atoms with Crippen LogP contribution >= 0.6 is 11.8 Å². The number of hydrogen-bond donors (Lipinski definition) is 1. The van der Waals surface area contributed by atoms with Crippen LogP contribution in [0.3, 0.4) is 0 Å². The van der Waals surface area contributed by atoms with Crippen molar-refractivity contribution in [1.82, 2.24) is 0 Å². The first-order valence-electron chi connectivity index (χ1n) is 12.6. The lowest BCUT2D eigenvalue weighted by atomic mass is 9.75. The van der Waals surface area contributed by atoms with Gasteiger partial charge in [-0.1, -0.05) is 37.5 Å². The topological polar surface area (TPSA) is 59.7 Å². The third kappa shape index (κ3) is 5.67. The minimum atomic E-state index is -1.68. The summed E-state index contributed by atoms with van der Waals surface area (Å²) in [5, 5.41) is 11.6. The largest absolute Gasteiger partial charge is 0.466 e. The van der Waals surface area contributed by atoms with Crippen LogP contribution in [-0.4, -0.2) is 53.6 Å². The average molecular weight is 473 g/mol. The summed E-state index contributed by atoms with van der Waals surface area (Å²) >= 11 is 1.90. The molecule has 33 heavy (non-hydrogen) atoms. The summed E-state index contributed by atoms with van der Waals surface area (Å²) in [6.07, 6.45) is 8.22. The summed E-state index contributed by atoms with van der Waals surface area (Å²) in [6.45, 7) is 6.21. The molecule has 1 unspecified atom stereocenters. The highest BCUT2D eigenvalue weighted by Crippen LogP contribution is 2.41. The van der Waals surface area contributed by atoms with Crippen molar-refractivity contribution in [2.45, 2.75) is 68.5 Å². The molecule has 2 fully saturated rings. The minimum absolute atomic E-state index is 0.147. The molecule has 2 heterocycles. The molecule has 6 heteroatoms. The summed E-state index contributed by atoms with van der Waals surface area (Å²) in [6, 6.07) is 14.0. The maximum absolute atomic E-state index is 13.4. The van der Waals surface area contributed by atoms with E-state index in [0.717, 1.165) is 81.4 Å². The fourth-order valence-corrected chi connectivity index (χ4v) is 6.47. The van der Waals surface area contributed by atoms with Crippen molar-refractivity contribution in [3.8, 4) is 0 Å². The molecule has 1 saturated carbocycles. The molecule has 0 radical (unpaired) electrons. The van der Waals surface area contributed by atoms with Gasteiger partial charge in [0.1, 0.15) is 12.3 Å². The highest BCUT2D eigenvalue weighted by Gasteiger charge is 2.51. The Morgan fingerprint density at radius 2 is 1.94 bits per heavy atom. The Morgan fingerprint density at radius 3 is 2.64 bits per heavy atom. The molecule has 2 aromatic rings. The van der Waals surface area contributed by atoms with E-state index in [1.54, 1.807) is 12.1 Å². The molecule has 0 bridgehead atoms. The van der Waals surface area contributed by atoms with Gasteiger partial charge in [-0.25, -0.2) is 4.79 Å². The molecule has 1 aliphatic heterocycles. The molecular weight excluding hydrogens is 434 g/mol. The van der Waals surface area contributed by atoms with Crippen molar-refractivity contribution in [3.05, 3.63) is 54.5 Å². The predicted molar refractivity (Wildman–Crippen MR) is 131 cm³/mol. The molecular formula is C27H38NO4S+. The molecule has 1 saturated heterocycles. The van der Waals surface area contributed by atoms with E-state index in [1.807, 2.05) is 17.8 Å². The number of aliphatic hydroxyl groups is 1. The van der Waals surface area contributed by atoms with E-state index in [9.17, 15) is 9.90 Å². The fourth-order valence-electron chi connectivity index (χ4n) is 5.61. The molecule has 4 rings (SSSR count). The predicted octanol–water partition coefficient (Wildman–Crippen LogP) is 5.38. The maximum Gasteiger partial charge on any atom is 0.346 e. The number of thioether (sulfide) groups is 1. The number of carbonyl (C=O) groups excluding carboxylic acids is 1. The molecule has 180 valence electrons. The highest BCUT2D eigenvalue weighted by molar-refractivity contribution is 7.99. The van der Waals surface area contributed by atoms with Gasteiger partial charge in [0.15, 0.2) is 6.10 Å². The van der Waals surface area contributed by atoms with Gasteiger partial charge in [-0.3, -0.25) is 0 Å². The van der Waals surface area contributed by atoms with Crippen molar-refractivity contribution >= 4 is 17.7 Å². The summed E-state index contributed by atoms with van der Waals surface area (Å²) in [4.78, 5) is 14.7. The smallest absolute Gasteiger partial charge is 0.346 e. The number of ether oxygens (including phenoxy) is 1. The van der Waals surface area contributed by atoms with Gasteiger partial charge in [0.05, 0.1) is 25.9 Å². The van der Waals surface area contributed by atoms with Crippen LogP contribution in [0.25, 0.3) is 0 Å². The van der Waals surface area contributed by atoms with Crippen LogP contribution in [-0.2, 0) is 15.1 Å². The Labute approximate surface area is 202 Å². The first kappa shape index (κ1) is 24.4. The summed E-state index contributed by atoms with van der Waals surface area (Å²) in [5.41, 5.74) is -1.68. The summed E-state index contributed by atoms with van der Waals surface area (Å²) in [5.74, 6) is 0.748. The number of quaternary nitrogens is 1. The number of hydrogen-bond acceptors (Lipinski definition) is 5. The van der Waals surface area contributed by atoms with Crippen molar-refractivity contribution in [1.29, 1.82) is 0 Å². The lowest BCUT2D eigenvalue weighted by Crippen LogP contribution is -2.49. The van der Waals surface area contributed by atoms with E-state index < -0.39 is 11.6 Å². The van der Waals surface area contributed by atoms with Gasteiger partial charge in [-0.05, 0) is 44.0 Å². The zero-order valence-corrected chi connectivity index (χ0v) is 20.6. The molecule has 1 aliphatic carbocycles. The highest BCUT2D eigenvalue weighted by atomic mass is 32.2. The van der Waals surface area contributed by atoms with Gasteiger partial charge < -0.3 is 18.7 Å². The first-order valence-corrected chi connectivity index (χ1v) is 13.5. The lowest BCUT2D eigenvalue weighted by Gasteiger charge is -2.36. The van der Waals surface area contributed by atoms with Gasteiger partial charge in [0.25, 0.3) is 0 Å². The number of likely N-dealkylation sites (N-methyl/N-ethyl adjacent to an activating group) is 1. The first-order chi connectivity index (χ1) is 16.1. The van der Waals surface area contributed by atoms with Crippen LogP contribution in [0, 0.1) is 5.92 Å². The van der Waals surface area contributed by atoms with Gasteiger partial charge in [-0.2, -0.15) is 0 Å². The number of carbonyl (C=O) groups is 1. The number of likely N-dealkylation sites (tertiary alicyclic amines) is 1. The van der Waals surface area contributed by atoms with Gasteiger partial charge in [0.2, 0.25) is 5.60 Å². The summed E-state index contributed by atoms with van der Waals surface area (Å²) in [7, 11) is 0. The molecule has 0 spiro atoms. The van der Waals surface area contributed by atoms with Crippen LogP contribution in [0.5, 0.6) is 0 Å². The SMILES string of the molecule is CC[N+]1(CCCSc2ccccc2)CC[C@@H](OC(=O)[C@](O)(c2ccco2)C2CCCCC2)C1. The normalized spacial score (nSPS) is 25.6. The van der Waals surface area contributed by atoms with E-state index in [0.29, 0.717) is 5.76 Å². The van der Waals surface area contributed by atoms with Crippen LogP contribution < -0.4 is 0 Å². The third-order valence-electron chi connectivity index (χ3n) is 7.65. The van der Waals surface area contributed by atoms with Crippen molar-refractivity contribution < 1.29 is 23.5 Å². The second-order valence-corrected chi connectivity index (χ2v) is 10.9. The third-order valence-corrected chi connectivity index (χ3v) is 8.75. The molecule has 1 aromatic heterocycles. The zero-order chi connectivity index (χ0) is 23.2. The quantitative estimate of drug-likeness (QED) is 0.218.